The van der Waals surface area contributed by atoms with Crippen LogP contribution in [0.4, 0.5) is 0 Å². The summed E-state index contributed by atoms with van der Waals surface area (Å²) in [5, 5.41) is 7.43. The minimum absolute atomic E-state index is 0.0457. The van der Waals surface area contributed by atoms with Crippen LogP contribution in [0.25, 0.3) is 11.0 Å². The summed E-state index contributed by atoms with van der Waals surface area (Å²) in [6.07, 6.45) is 6.24. The number of nitrogens with one attached hydrogen (secondary N) is 1. The number of piperidine rings is 1. The molecule has 2 aliphatic rings. The van der Waals surface area contributed by atoms with E-state index in [9.17, 15) is 4.79 Å². The molecule has 1 amide bonds. The summed E-state index contributed by atoms with van der Waals surface area (Å²) < 4.78 is 0. The number of aromatic nitrogens is 4. The van der Waals surface area contributed by atoms with Gasteiger partial charge < -0.3 is 4.90 Å². The quantitative estimate of drug-likeness (QED) is 0.723. The van der Waals surface area contributed by atoms with E-state index < -0.39 is 0 Å². The zero-order chi connectivity index (χ0) is 18.6. The number of hydrogen-bond donors (Lipinski definition) is 1. The van der Waals surface area contributed by atoms with E-state index in [1.807, 2.05) is 43.1 Å². The van der Waals surface area contributed by atoms with Crippen molar-refractivity contribution in [3.05, 3.63) is 52.6 Å². The van der Waals surface area contributed by atoms with Gasteiger partial charge in [-0.25, -0.2) is 9.97 Å². The molecule has 27 heavy (non-hydrogen) atoms. The van der Waals surface area contributed by atoms with Crippen LogP contribution in [0.5, 0.6) is 0 Å². The second-order valence-corrected chi connectivity index (χ2v) is 7.98. The Morgan fingerprint density at radius 3 is 2.81 bits per heavy atom. The molecule has 1 N–H and O–H groups in total. The van der Waals surface area contributed by atoms with Crippen LogP contribution in [0.1, 0.15) is 52.3 Å². The summed E-state index contributed by atoms with van der Waals surface area (Å²) in [6.45, 7) is 5.48. The number of carbonyl (C=O) groups excluding carboxylic acids is 1. The molecule has 1 aliphatic carbocycles. The lowest BCUT2D eigenvalue weighted by atomic mass is 9.77. The van der Waals surface area contributed by atoms with Gasteiger partial charge in [-0.05, 0) is 63.3 Å². The number of fused-ring (bicyclic) bond motifs is 3. The van der Waals surface area contributed by atoms with E-state index in [0.717, 1.165) is 61.2 Å². The van der Waals surface area contributed by atoms with Gasteiger partial charge in [0.15, 0.2) is 0 Å². The zero-order valence-corrected chi connectivity index (χ0v) is 15.7. The molecule has 1 unspecified atom stereocenters. The van der Waals surface area contributed by atoms with Gasteiger partial charge in [-0.2, -0.15) is 5.10 Å². The Bertz CT molecular complexity index is 1060. The zero-order valence-electron chi connectivity index (χ0n) is 15.7. The highest BCUT2D eigenvalue weighted by Gasteiger charge is 2.44. The fourth-order valence-electron chi connectivity index (χ4n) is 4.72. The van der Waals surface area contributed by atoms with Crippen molar-refractivity contribution in [3.8, 4) is 0 Å². The monoisotopic (exact) mass is 361 g/mol. The minimum Gasteiger partial charge on any atom is -0.338 e. The highest BCUT2D eigenvalue weighted by Crippen LogP contribution is 2.44. The van der Waals surface area contributed by atoms with Crippen LogP contribution in [0.2, 0.25) is 0 Å². The number of aryl methyl sites for hydroxylation is 3. The normalized spacial score (nSPS) is 21.8. The Labute approximate surface area is 158 Å². The van der Waals surface area contributed by atoms with Gasteiger partial charge in [0.1, 0.15) is 0 Å². The topological polar surface area (TPSA) is 74.8 Å². The summed E-state index contributed by atoms with van der Waals surface area (Å²) in [5.74, 6) is 0.0870. The van der Waals surface area contributed by atoms with Crippen LogP contribution >= 0.6 is 0 Å². The first-order valence-electron chi connectivity index (χ1n) is 9.63. The molecule has 1 fully saturated rings. The smallest absolute Gasteiger partial charge is 0.253 e. The third-order valence-corrected chi connectivity index (χ3v) is 6.31. The molecule has 5 rings (SSSR count). The Balaban J connectivity index is 1.46. The number of hydrogen-bond acceptors (Lipinski definition) is 4. The Hall–Kier alpha value is -2.76. The van der Waals surface area contributed by atoms with Crippen molar-refractivity contribution in [2.45, 2.75) is 44.9 Å². The molecule has 3 heterocycles. The van der Waals surface area contributed by atoms with E-state index in [4.69, 9.17) is 0 Å². The highest BCUT2D eigenvalue weighted by molar-refractivity contribution is 5.97. The third-order valence-electron chi connectivity index (χ3n) is 6.31. The van der Waals surface area contributed by atoms with Gasteiger partial charge in [0.2, 0.25) is 0 Å². The minimum atomic E-state index is 0.0457. The summed E-state index contributed by atoms with van der Waals surface area (Å²) in [6, 6.07) is 5.67. The van der Waals surface area contributed by atoms with Gasteiger partial charge >= 0.3 is 0 Å². The van der Waals surface area contributed by atoms with Gasteiger partial charge in [-0.15, -0.1) is 0 Å². The maximum atomic E-state index is 13.2. The fraction of sp³-hybridized carbons (Fsp3) is 0.429. The molecular formula is C21H23N5O. The van der Waals surface area contributed by atoms with Crippen molar-refractivity contribution in [1.29, 1.82) is 0 Å². The second-order valence-electron chi connectivity index (χ2n) is 7.98. The van der Waals surface area contributed by atoms with Crippen molar-refractivity contribution < 1.29 is 4.79 Å². The first kappa shape index (κ1) is 16.4. The Kier molecular flexibility index (Phi) is 3.57. The number of rotatable bonds is 1. The fourth-order valence-corrected chi connectivity index (χ4v) is 4.72. The van der Waals surface area contributed by atoms with Gasteiger partial charge in [0, 0.05) is 29.8 Å². The average molecular weight is 361 g/mol. The standard InChI is InChI=1S/C21H23N5O/c1-13-14(2)24-18-10-15(4-5-17(18)23-13)20(27)26-9-3-7-21(12-26)8-6-16-11-22-25-19(16)21/h4-5,10-11H,3,6-9,12H2,1-2H3,(H,22,25). The number of aromatic amines is 1. The first-order valence-corrected chi connectivity index (χ1v) is 9.63. The molecule has 138 valence electrons. The molecule has 0 bridgehead atoms. The van der Waals surface area contributed by atoms with E-state index in [1.54, 1.807) is 0 Å². The second kappa shape index (κ2) is 5.87. The summed E-state index contributed by atoms with van der Waals surface area (Å²) in [5.41, 5.74) is 6.75. The molecule has 1 aliphatic heterocycles. The van der Waals surface area contributed by atoms with Crippen LogP contribution in [-0.2, 0) is 11.8 Å². The van der Waals surface area contributed by atoms with Crippen LogP contribution in [-0.4, -0.2) is 44.1 Å². The van der Waals surface area contributed by atoms with Crippen LogP contribution in [0, 0.1) is 13.8 Å². The van der Waals surface area contributed by atoms with E-state index in [2.05, 4.69) is 20.2 Å². The van der Waals surface area contributed by atoms with Crippen molar-refractivity contribution in [3.63, 3.8) is 0 Å². The van der Waals surface area contributed by atoms with Gasteiger partial charge in [0.25, 0.3) is 5.91 Å². The maximum Gasteiger partial charge on any atom is 0.253 e. The predicted octanol–water partition coefficient (Wildman–Crippen LogP) is 3.09. The number of likely N-dealkylation sites (tertiary alicyclic amines) is 1. The average Bonchev–Trinajstić information content (AvgIpc) is 3.27. The van der Waals surface area contributed by atoms with Gasteiger partial charge in [0.05, 0.1) is 28.6 Å². The number of nitrogens with zero attached hydrogens (tertiary/aromatic N) is 4. The molecule has 6 nitrogen and oxygen atoms in total. The third kappa shape index (κ3) is 2.54. The van der Waals surface area contributed by atoms with Crippen molar-refractivity contribution in [2.75, 3.05) is 13.1 Å². The summed E-state index contributed by atoms with van der Waals surface area (Å²) in [4.78, 5) is 24.4. The van der Waals surface area contributed by atoms with Crippen molar-refractivity contribution in [1.82, 2.24) is 25.1 Å². The number of benzene rings is 1. The number of H-pyrrole nitrogens is 1. The van der Waals surface area contributed by atoms with Crippen molar-refractivity contribution >= 4 is 16.9 Å². The SMILES string of the molecule is Cc1nc2ccc(C(=O)N3CCCC4(CCc5cn[nH]c54)C3)cc2nc1C. The van der Waals surface area contributed by atoms with E-state index in [0.29, 0.717) is 5.56 Å². The first-order chi connectivity index (χ1) is 13.1. The van der Waals surface area contributed by atoms with Crippen LogP contribution in [0.15, 0.2) is 24.4 Å². The Morgan fingerprint density at radius 1 is 1.15 bits per heavy atom. The van der Waals surface area contributed by atoms with E-state index in [1.165, 1.54) is 11.3 Å². The molecule has 1 aromatic carbocycles. The van der Waals surface area contributed by atoms with E-state index >= 15 is 0 Å². The summed E-state index contributed by atoms with van der Waals surface area (Å²) in [7, 11) is 0. The maximum absolute atomic E-state index is 13.2. The molecule has 0 saturated carbocycles. The van der Waals surface area contributed by atoms with Crippen LogP contribution < -0.4 is 0 Å². The van der Waals surface area contributed by atoms with Crippen molar-refractivity contribution in [2.24, 2.45) is 0 Å². The highest BCUT2D eigenvalue weighted by atomic mass is 16.2. The Morgan fingerprint density at radius 2 is 1.96 bits per heavy atom. The molecule has 2 aromatic heterocycles. The summed E-state index contributed by atoms with van der Waals surface area (Å²) >= 11 is 0. The molecular weight excluding hydrogens is 338 g/mol. The largest absolute Gasteiger partial charge is 0.338 e. The van der Waals surface area contributed by atoms with Gasteiger partial charge in [-0.1, -0.05) is 0 Å². The number of amides is 1. The lowest BCUT2D eigenvalue weighted by Gasteiger charge is -2.40. The molecule has 1 atom stereocenters. The molecule has 3 aromatic rings. The van der Waals surface area contributed by atoms with Gasteiger partial charge in [-0.3, -0.25) is 9.89 Å². The predicted molar refractivity (Wildman–Crippen MR) is 103 cm³/mol. The van der Waals surface area contributed by atoms with Crippen LogP contribution in [0.3, 0.4) is 0 Å². The molecule has 1 spiro atoms. The van der Waals surface area contributed by atoms with E-state index in [-0.39, 0.29) is 11.3 Å². The molecule has 0 radical (unpaired) electrons. The lowest BCUT2D eigenvalue weighted by Crippen LogP contribution is -2.47. The number of carbonyl (C=O) groups is 1. The lowest BCUT2D eigenvalue weighted by molar-refractivity contribution is 0.0633. The molecule has 1 saturated heterocycles. The molecule has 6 heteroatoms.